The van der Waals surface area contributed by atoms with Crippen LogP contribution in [-0.4, -0.2) is 31.5 Å². The zero-order valence-corrected chi connectivity index (χ0v) is 14.2. The monoisotopic (exact) mass is 372 g/mol. The average molecular weight is 373 g/mol. The molecule has 0 saturated heterocycles. The first-order valence-electron chi connectivity index (χ1n) is 7.31. The Bertz CT molecular complexity index is 771. The lowest BCUT2D eigenvalue weighted by molar-refractivity contribution is 0.100. The van der Waals surface area contributed by atoms with Gasteiger partial charge in [0.05, 0.1) is 10.9 Å². The first-order valence-corrected chi connectivity index (χ1v) is 8.43. The van der Waals surface area contributed by atoms with E-state index in [1.807, 2.05) is 26.0 Å². The number of carbonyl (C=O) groups excluding carboxylic acids is 2. The van der Waals surface area contributed by atoms with Crippen LogP contribution in [-0.2, 0) is 0 Å². The molecule has 0 N–H and O–H groups in total. The van der Waals surface area contributed by atoms with Crippen molar-refractivity contribution in [2.24, 2.45) is 0 Å². The molecular formula is C17H14BBrO4. The van der Waals surface area contributed by atoms with Gasteiger partial charge in [-0.25, -0.2) is 0 Å². The maximum Gasteiger partial charge on any atom is 0.231 e. The quantitative estimate of drug-likeness (QED) is 0.460. The number of halogens is 1. The zero-order valence-electron chi connectivity index (χ0n) is 12.6. The average Bonchev–Trinajstić information content (AvgIpc) is 3.09. The first kappa shape index (κ1) is 15.8. The maximum absolute atomic E-state index is 12.0. The topological polar surface area (TPSA) is 52.6 Å². The second-order valence-electron chi connectivity index (χ2n) is 5.14. The van der Waals surface area contributed by atoms with Crippen LogP contribution in [0.3, 0.4) is 0 Å². The predicted octanol–water partition coefficient (Wildman–Crippen LogP) is 2.89. The normalized spacial score (nSPS) is 12.2. The van der Waals surface area contributed by atoms with E-state index in [-0.39, 0.29) is 18.4 Å². The van der Waals surface area contributed by atoms with Crippen molar-refractivity contribution in [1.29, 1.82) is 0 Å². The molecule has 1 aliphatic rings. The minimum absolute atomic E-state index is 0.0246. The van der Waals surface area contributed by atoms with E-state index in [1.54, 1.807) is 18.2 Å². The van der Waals surface area contributed by atoms with Crippen molar-refractivity contribution in [2.45, 2.75) is 6.32 Å². The number of benzene rings is 2. The van der Waals surface area contributed by atoms with Crippen molar-refractivity contribution >= 4 is 35.3 Å². The molecule has 0 unspecified atom stereocenters. The van der Waals surface area contributed by atoms with Crippen molar-refractivity contribution in [3.63, 3.8) is 0 Å². The van der Waals surface area contributed by atoms with Gasteiger partial charge in [-0.1, -0.05) is 40.2 Å². The summed E-state index contributed by atoms with van der Waals surface area (Å²) in [6.07, 6.45) is 0.415. The van der Waals surface area contributed by atoms with Crippen LogP contribution in [0.4, 0.5) is 0 Å². The van der Waals surface area contributed by atoms with Crippen LogP contribution < -0.4 is 9.47 Å². The summed E-state index contributed by atoms with van der Waals surface area (Å²) in [5, 5.41) is 0.298. The molecule has 0 aliphatic carbocycles. The Morgan fingerprint density at radius 1 is 1.00 bits per heavy atom. The van der Waals surface area contributed by atoms with Gasteiger partial charge in [0.25, 0.3) is 0 Å². The Kier molecular flexibility index (Phi) is 4.52. The van der Waals surface area contributed by atoms with Gasteiger partial charge in [0.2, 0.25) is 6.79 Å². The highest BCUT2D eigenvalue weighted by atomic mass is 79.9. The Hall–Kier alpha value is -2.08. The zero-order chi connectivity index (χ0) is 16.4. The second-order valence-corrected chi connectivity index (χ2v) is 5.70. The van der Waals surface area contributed by atoms with Crippen LogP contribution in [0.15, 0.2) is 36.4 Å². The fraction of sp³-hybridized carbons (Fsp3) is 0.176. The second kappa shape index (κ2) is 6.58. The number of hydrogen-bond donors (Lipinski definition) is 0. The number of ether oxygens (including phenoxy) is 2. The Morgan fingerprint density at radius 2 is 1.70 bits per heavy atom. The van der Waals surface area contributed by atoms with Gasteiger partial charge in [0.1, 0.15) is 7.85 Å². The van der Waals surface area contributed by atoms with Gasteiger partial charge >= 0.3 is 0 Å². The van der Waals surface area contributed by atoms with Gasteiger partial charge in [-0.05, 0) is 24.0 Å². The van der Waals surface area contributed by atoms with Crippen molar-refractivity contribution in [1.82, 2.24) is 0 Å². The molecule has 23 heavy (non-hydrogen) atoms. The van der Waals surface area contributed by atoms with Crippen LogP contribution in [0.25, 0.3) is 11.1 Å². The molecule has 0 saturated carbocycles. The van der Waals surface area contributed by atoms with E-state index in [0.717, 1.165) is 11.1 Å². The third kappa shape index (κ3) is 2.91. The van der Waals surface area contributed by atoms with E-state index >= 15 is 0 Å². The minimum atomic E-state index is 0.0246. The summed E-state index contributed by atoms with van der Waals surface area (Å²) >= 11 is 3.17. The minimum Gasteiger partial charge on any atom is -0.453 e. The highest BCUT2D eigenvalue weighted by Crippen LogP contribution is 2.44. The lowest BCUT2D eigenvalue weighted by Gasteiger charge is -2.09. The van der Waals surface area contributed by atoms with E-state index in [9.17, 15) is 9.59 Å². The summed E-state index contributed by atoms with van der Waals surface area (Å²) in [5.41, 5.74) is 2.96. The van der Waals surface area contributed by atoms with E-state index in [4.69, 9.17) is 9.47 Å². The summed E-state index contributed by atoms with van der Waals surface area (Å²) in [5.74, 6) is 1.15. The lowest BCUT2D eigenvalue weighted by Crippen LogP contribution is -2.00. The van der Waals surface area contributed by atoms with E-state index in [2.05, 4.69) is 15.9 Å². The van der Waals surface area contributed by atoms with Crippen molar-refractivity contribution in [2.75, 3.05) is 12.1 Å². The largest absolute Gasteiger partial charge is 0.453 e. The van der Waals surface area contributed by atoms with E-state index < -0.39 is 0 Å². The predicted molar refractivity (Wildman–Crippen MR) is 93.8 cm³/mol. The molecule has 0 fully saturated rings. The Labute approximate surface area is 143 Å². The van der Waals surface area contributed by atoms with Crippen LogP contribution in [0.1, 0.15) is 20.7 Å². The van der Waals surface area contributed by atoms with Gasteiger partial charge in [-0.15, -0.1) is 0 Å². The summed E-state index contributed by atoms with van der Waals surface area (Å²) in [6.45, 7) is 0.108. The van der Waals surface area contributed by atoms with Crippen molar-refractivity contribution in [3.05, 3.63) is 47.5 Å². The van der Waals surface area contributed by atoms with E-state index in [0.29, 0.717) is 34.3 Å². The fourth-order valence-corrected chi connectivity index (χ4v) is 2.87. The molecule has 4 nitrogen and oxygen atoms in total. The molecule has 2 aromatic carbocycles. The number of carbonyl (C=O) groups is 2. The number of fused-ring (bicyclic) bond motifs is 1. The third-order valence-electron chi connectivity index (χ3n) is 3.78. The van der Waals surface area contributed by atoms with Gasteiger partial charge < -0.3 is 9.47 Å². The molecule has 0 amide bonds. The number of ketones is 2. The molecule has 6 heteroatoms. The Morgan fingerprint density at radius 3 is 2.35 bits per heavy atom. The van der Waals surface area contributed by atoms with Crippen molar-refractivity contribution in [3.8, 4) is 22.6 Å². The number of Topliss-reactive ketones (excluding diaryl/α,β-unsaturated/α-hetero) is 2. The van der Waals surface area contributed by atoms with Crippen molar-refractivity contribution < 1.29 is 19.1 Å². The molecule has 0 bridgehead atoms. The van der Waals surface area contributed by atoms with Gasteiger partial charge in [0, 0.05) is 11.1 Å². The molecule has 0 radical (unpaired) electrons. The molecule has 1 heterocycles. The SMILES string of the molecule is BCC(=O)c1ccc(-c2ccc(C(=O)CBr)cc2)c2c1OCO2. The van der Waals surface area contributed by atoms with Crippen LogP contribution >= 0.6 is 15.9 Å². The van der Waals surface area contributed by atoms with Crippen LogP contribution in [0.5, 0.6) is 11.5 Å². The molecule has 0 spiro atoms. The van der Waals surface area contributed by atoms with Gasteiger partial charge in [0.15, 0.2) is 23.1 Å². The molecule has 0 aromatic heterocycles. The number of rotatable bonds is 5. The summed E-state index contributed by atoms with van der Waals surface area (Å²) < 4.78 is 11.1. The highest BCUT2D eigenvalue weighted by molar-refractivity contribution is 9.09. The number of hydrogen-bond acceptors (Lipinski definition) is 4. The van der Waals surface area contributed by atoms with Gasteiger partial charge in [-0.3, -0.25) is 9.59 Å². The standard InChI is InChI=1S/C17H14BBrO4/c18-7-14(20)13-6-5-12(16-17(13)23-9-22-16)10-1-3-11(4-2-10)15(21)8-19/h1-6H,7-9,18H2. The molecule has 0 atom stereocenters. The molecule has 1 aliphatic heterocycles. The lowest BCUT2D eigenvalue weighted by atomic mass is 9.93. The fourth-order valence-electron chi connectivity index (χ4n) is 2.55. The van der Waals surface area contributed by atoms with Crippen LogP contribution in [0, 0.1) is 0 Å². The first-order chi connectivity index (χ1) is 11.2. The highest BCUT2D eigenvalue weighted by Gasteiger charge is 2.25. The summed E-state index contributed by atoms with van der Waals surface area (Å²) in [4.78, 5) is 23.7. The summed E-state index contributed by atoms with van der Waals surface area (Å²) in [7, 11) is 1.82. The molecular weight excluding hydrogens is 359 g/mol. The Balaban J connectivity index is 2.03. The molecule has 116 valence electrons. The summed E-state index contributed by atoms with van der Waals surface area (Å²) in [6, 6.07) is 10.9. The number of alkyl halides is 1. The van der Waals surface area contributed by atoms with Crippen LogP contribution in [0.2, 0.25) is 6.32 Å². The van der Waals surface area contributed by atoms with Gasteiger partial charge in [-0.2, -0.15) is 0 Å². The molecule has 2 aromatic rings. The molecule has 3 rings (SSSR count). The third-order valence-corrected chi connectivity index (χ3v) is 4.29. The van der Waals surface area contributed by atoms with E-state index in [1.165, 1.54) is 0 Å². The smallest absolute Gasteiger partial charge is 0.231 e. The maximum atomic E-state index is 12.0.